The van der Waals surface area contributed by atoms with Crippen LogP contribution in [-0.2, 0) is 0 Å². The fraction of sp³-hybridized carbons (Fsp3) is 0.273. The third-order valence-electron chi connectivity index (χ3n) is 2.36. The topological polar surface area (TPSA) is 60.4 Å². The van der Waals surface area contributed by atoms with Gasteiger partial charge >= 0.3 is 0 Å². The predicted octanol–water partition coefficient (Wildman–Crippen LogP) is 2.37. The van der Waals surface area contributed by atoms with Crippen molar-refractivity contribution in [3.63, 3.8) is 0 Å². The summed E-state index contributed by atoms with van der Waals surface area (Å²) in [6, 6.07) is 4.00. The Balaban J connectivity index is 1.87. The first-order valence-electron chi connectivity index (χ1n) is 5.88. The van der Waals surface area contributed by atoms with Gasteiger partial charge < -0.3 is 0 Å². The summed E-state index contributed by atoms with van der Waals surface area (Å²) in [6.45, 7) is 2.13. The first-order chi connectivity index (χ1) is 9.38. The van der Waals surface area contributed by atoms with Gasteiger partial charge in [0.05, 0.1) is 6.21 Å². The maximum absolute atomic E-state index is 4.34. The van der Waals surface area contributed by atoms with Crippen LogP contribution >= 0.6 is 23.1 Å². The fourth-order valence-electron chi connectivity index (χ4n) is 1.50. The molecule has 3 aromatic heterocycles. The zero-order chi connectivity index (χ0) is 13.1. The van der Waals surface area contributed by atoms with Crippen molar-refractivity contribution in [1.82, 2.24) is 24.5 Å². The molecular formula is C11H12N6S2. The summed E-state index contributed by atoms with van der Waals surface area (Å²) in [6.07, 6.45) is 4.53. The van der Waals surface area contributed by atoms with Crippen molar-refractivity contribution < 1.29 is 0 Å². The zero-order valence-electron chi connectivity index (χ0n) is 10.3. The Morgan fingerprint density at radius 3 is 3.21 bits per heavy atom. The van der Waals surface area contributed by atoms with E-state index < -0.39 is 0 Å². The van der Waals surface area contributed by atoms with E-state index in [1.165, 1.54) is 0 Å². The molecule has 6 nitrogen and oxygen atoms in total. The standard InChI is InChI=1S/C11H12N6S2/c1-2-5-19-11-15-14-10-16(8-13-17(10)11)12-7-9-4-3-6-18-9/h3-4,6-8H,2,5H2,1H3. The van der Waals surface area contributed by atoms with E-state index in [1.54, 1.807) is 44.8 Å². The molecule has 3 rings (SSSR count). The average Bonchev–Trinajstić information content (AvgIpc) is 3.12. The third kappa shape index (κ3) is 2.54. The van der Waals surface area contributed by atoms with Crippen LogP contribution in [0.25, 0.3) is 5.78 Å². The molecule has 0 saturated heterocycles. The summed E-state index contributed by atoms with van der Waals surface area (Å²) in [5, 5.41) is 19.6. The summed E-state index contributed by atoms with van der Waals surface area (Å²) in [5.41, 5.74) is 0. The lowest BCUT2D eigenvalue weighted by molar-refractivity contribution is 0.815. The fourth-order valence-corrected chi connectivity index (χ4v) is 2.82. The molecule has 0 amide bonds. The van der Waals surface area contributed by atoms with Gasteiger partial charge in [-0.05, 0) is 17.9 Å². The molecule has 0 fully saturated rings. The lowest BCUT2D eigenvalue weighted by atomic mass is 10.5. The molecule has 0 bridgehead atoms. The van der Waals surface area contributed by atoms with E-state index >= 15 is 0 Å². The van der Waals surface area contributed by atoms with E-state index in [1.807, 2.05) is 17.5 Å². The molecule has 0 radical (unpaired) electrons. The van der Waals surface area contributed by atoms with Crippen molar-refractivity contribution in [2.45, 2.75) is 18.5 Å². The Kier molecular flexibility index (Phi) is 3.60. The van der Waals surface area contributed by atoms with Gasteiger partial charge in [0.2, 0.25) is 5.16 Å². The summed E-state index contributed by atoms with van der Waals surface area (Å²) in [5.74, 6) is 1.64. The highest BCUT2D eigenvalue weighted by atomic mass is 32.2. The Bertz CT molecular complexity index is 681. The van der Waals surface area contributed by atoms with Crippen LogP contribution in [0.5, 0.6) is 0 Å². The van der Waals surface area contributed by atoms with E-state index in [9.17, 15) is 0 Å². The largest absolute Gasteiger partial charge is 0.275 e. The van der Waals surface area contributed by atoms with Crippen LogP contribution in [0, 0.1) is 0 Å². The molecule has 0 aromatic carbocycles. The maximum atomic E-state index is 4.34. The van der Waals surface area contributed by atoms with Crippen molar-refractivity contribution in [3.05, 3.63) is 28.7 Å². The molecule has 0 saturated carbocycles. The lowest BCUT2D eigenvalue weighted by Crippen LogP contribution is -1.90. The average molecular weight is 292 g/mol. The summed E-state index contributed by atoms with van der Waals surface area (Å²) in [7, 11) is 0. The predicted molar refractivity (Wildman–Crippen MR) is 77.1 cm³/mol. The van der Waals surface area contributed by atoms with Crippen molar-refractivity contribution in [2.24, 2.45) is 5.10 Å². The highest BCUT2D eigenvalue weighted by Crippen LogP contribution is 2.16. The first-order valence-corrected chi connectivity index (χ1v) is 7.74. The van der Waals surface area contributed by atoms with Gasteiger partial charge in [-0.25, -0.2) is 0 Å². The van der Waals surface area contributed by atoms with Crippen molar-refractivity contribution in [1.29, 1.82) is 0 Å². The Hall–Kier alpha value is -1.67. The number of rotatable bonds is 5. The summed E-state index contributed by atoms with van der Waals surface area (Å²) in [4.78, 5) is 1.09. The lowest BCUT2D eigenvalue weighted by Gasteiger charge is -1.91. The van der Waals surface area contributed by atoms with Crippen molar-refractivity contribution in [3.8, 4) is 0 Å². The second-order valence-corrected chi connectivity index (χ2v) is 5.82. The molecule has 0 aliphatic rings. The monoisotopic (exact) mass is 292 g/mol. The van der Waals surface area contributed by atoms with E-state index in [0.717, 1.165) is 22.2 Å². The number of thioether (sulfide) groups is 1. The smallest absolute Gasteiger partial charge is 0.184 e. The summed E-state index contributed by atoms with van der Waals surface area (Å²) >= 11 is 3.29. The van der Waals surface area contributed by atoms with Gasteiger partial charge in [0.1, 0.15) is 6.33 Å². The number of hydrogen-bond donors (Lipinski definition) is 0. The maximum Gasteiger partial charge on any atom is 0.275 e. The van der Waals surface area contributed by atoms with Crippen molar-refractivity contribution >= 4 is 35.1 Å². The molecule has 3 heterocycles. The minimum atomic E-state index is 0.631. The molecular weight excluding hydrogens is 280 g/mol. The molecule has 3 aromatic rings. The van der Waals surface area contributed by atoms with Gasteiger partial charge in [0.25, 0.3) is 5.78 Å². The normalized spacial score (nSPS) is 11.8. The van der Waals surface area contributed by atoms with Crippen LogP contribution in [0.3, 0.4) is 0 Å². The first kappa shape index (κ1) is 12.4. The zero-order valence-corrected chi connectivity index (χ0v) is 11.9. The van der Waals surface area contributed by atoms with Gasteiger partial charge in [0, 0.05) is 10.6 Å². The van der Waals surface area contributed by atoms with Crippen LogP contribution in [-0.4, -0.2) is 36.5 Å². The van der Waals surface area contributed by atoms with E-state index in [0.29, 0.717) is 5.78 Å². The van der Waals surface area contributed by atoms with E-state index in [-0.39, 0.29) is 0 Å². The number of aromatic nitrogens is 5. The molecule has 8 heteroatoms. The molecule has 0 N–H and O–H groups in total. The Morgan fingerprint density at radius 2 is 2.42 bits per heavy atom. The van der Waals surface area contributed by atoms with Gasteiger partial charge in [-0.15, -0.1) is 21.5 Å². The van der Waals surface area contributed by atoms with E-state index in [2.05, 4.69) is 27.3 Å². The van der Waals surface area contributed by atoms with Gasteiger partial charge in [-0.2, -0.15) is 19.4 Å². The quantitative estimate of drug-likeness (QED) is 0.535. The third-order valence-corrected chi connectivity index (χ3v) is 4.30. The second-order valence-electron chi connectivity index (χ2n) is 3.78. The van der Waals surface area contributed by atoms with Crippen molar-refractivity contribution in [2.75, 3.05) is 5.75 Å². The minimum Gasteiger partial charge on any atom is -0.184 e. The molecule has 98 valence electrons. The van der Waals surface area contributed by atoms with Gasteiger partial charge in [-0.3, -0.25) is 0 Å². The minimum absolute atomic E-state index is 0.631. The highest BCUT2D eigenvalue weighted by molar-refractivity contribution is 7.99. The molecule has 0 unspecified atom stereocenters. The SMILES string of the molecule is CCCSc1nnc2n(N=Cc3cccs3)cnn12. The van der Waals surface area contributed by atoms with Crippen LogP contribution in [0.1, 0.15) is 18.2 Å². The van der Waals surface area contributed by atoms with Crippen LogP contribution in [0.2, 0.25) is 0 Å². The van der Waals surface area contributed by atoms with Crippen LogP contribution in [0.4, 0.5) is 0 Å². The number of thiophene rings is 1. The van der Waals surface area contributed by atoms with Gasteiger partial charge in [0.15, 0.2) is 0 Å². The number of nitrogens with zero attached hydrogens (tertiary/aromatic N) is 6. The molecule has 0 spiro atoms. The van der Waals surface area contributed by atoms with Crippen LogP contribution < -0.4 is 0 Å². The Labute approximate surface area is 118 Å². The second kappa shape index (κ2) is 5.54. The molecule has 0 atom stereocenters. The van der Waals surface area contributed by atoms with E-state index in [4.69, 9.17) is 0 Å². The highest BCUT2D eigenvalue weighted by Gasteiger charge is 2.10. The molecule has 19 heavy (non-hydrogen) atoms. The molecule has 0 aliphatic heterocycles. The Morgan fingerprint density at radius 1 is 1.47 bits per heavy atom. The molecule has 0 aliphatic carbocycles. The van der Waals surface area contributed by atoms with Crippen LogP contribution in [0.15, 0.2) is 34.1 Å². The van der Waals surface area contributed by atoms with Gasteiger partial charge in [-0.1, -0.05) is 24.8 Å². The summed E-state index contributed by atoms with van der Waals surface area (Å²) < 4.78 is 3.34. The number of fused-ring (bicyclic) bond motifs is 1. The number of hydrogen-bond acceptors (Lipinski definition) is 6.